The van der Waals surface area contributed by atoms with Gasteiger partial charge in [0.2, 0.25) is 5.91 Å². The van der Waals surface area contributed by atoms with Crippen LogP contribution in [0.1, 0.15) is 6.42 Å². The first-order valence-electron chi connectivity index (χ1n) is 6.42. The number of amides is 1. The van der Waals surface area contributed by atoms with Crippen LogP contribution in [0.5, 0.6) is 5.75 Å². The highest BCUT2D eigenvalue weighted by Crippen LogP contribution is 2.19. The van der Waals surface area contributed by atoms with E-state index in [9.17, 15) is 4.79 Å². The lowest BCUT2D eigenvalue weighted by atomic mass is 10.2. The van der Waals surface area contributed by atoms with Gasteiger partial charge < -0.3 is 15.0 Å². The molecule has 5 heteroatoms. The highest BCUT2D eigenvalue weighted by atomic mass is 32.2. The number of carbonyl (C=O) groups is 1. The lowest BCUT2D eigenvalue weighted by molar-refractivity contribution is -0.118. The van der Waals surface area contributed by atoms with Gasteiger partial charge in [0.15, 0.2) is 0 Å². The second-order valence-corrected chi connectivity index (χ2v) is 5.73. The highest BCUT2D eigenvalue weighted by Gasteiger charge is 2.19. The maximum atomic E-state index is 12.2. The molecule has 0 aromatic heterocycles. The summed E-state index contributed by atoms with van der Waals surface area (Å²) in [7, 11) is 3.45. The van der Waals surface area contributed by atoms with Crippen molar-refractivity contribution >= 4 is 23.4 Å². The predicted octanol–water partition coefficient (Wildman–Crippen LogP) is 1.75. The van der Waals surface area contributed by atoms with Crippen LogP contribution < -0.4 is 15.0 Å². The predicted molar refractivity (Wildman–Crippen MR) is 80.1 cm³/mol. The molecule has 1 amide bonds. The molecule has 0 saturated carbocycles. The molecule has 0 spiro atoms. The molecule has 0 radical (unpaired) electrons. The first-order valence-corrected chi connectivity index (χ1v) is 7.58. The molecule has 1 unspecified atom stereocenters. The van der Waals surface area contributed by atoms with Gasteiger partial charge in [-0.1, -0.05) is 0 Å². The van der Waals surface area contributed by atoms with E-state index in [0.717, 1.165) is 29.5 Å². The third-order valence-electron chi connectivity index (χ3n) is 3.25. The van der Waals surface area contributed by atoms with Crippen LogP contribution in [-0.4, -0.2) is 44.2 Å². The van der Waals surface area contributed by atoms with E-state index in [-0.39, 0.29) is 5.91 Å². The van der Waals surface area contributed by atoms with Crippen LogP contribution in [0, 0.1) is 0 Å². The van der Waals surface area contributed by atoms with Gasteiger partial charge in [-0.25, -0.2) is 0 Å². The van der Waals surface area contributed by atoms with Crippen molar-refractivity contribution < 1.29 is 9.53 Å². The summed E-state index contributed by atoms with van der Waals surface area (Å²) in [6.07, 6.45) is 0.551. The number of ether oxygens (including phenoxy) is 1. The fourth-order valence-corrected chi connectivity index (χ4v) is 3.00. The van der Waals surface area contributed by atoms with Gasteiger partial charge in [-0.3, -0.25) is 4.79 Å². The number of thioether (sulfide) groups is 1. The van der Waals surface area contributed by atoms with Gasteiger partial charge in [0.25, 0.3) is 0 Å². The molecule has 1 heterocycles. The maximum absolute atomic E-state index is 12.2. The zero-order chi connectivity index (χ0) is 13.7. The Bertz CT molecular complexity index is 416. The highest BCUT2D eigenvalue weighted by molar-refractivity contribution is 7.99. The first kappa shape index (κ1) is 14.2. The number of benzene rings is 1. The third kappa shape index (κ3) is 3.88. The van der Waals surface area contributed by atoms with E-state index in [0.29, 0.717) is 12.5 Å². The smallest absolute Gasteiger partial charge is 0.228 e. The number of anilines is 1. The summed E-state index contributed by atoms with van der Waals surface area (Å²) in [5.41, 5.74) is 0.897. The van der Waals surface area contributed by atoms with Gasteiger partial charge in [-0.2, -0.15) is 11.8 Å². The standard InChI is InChI=1S/C14H20N2O2S/c1-16(12-3-5-13(18-2)6-4-12)14(17)9-11-10-19-8-7-15-11/h3-6,11,15H,7-10H2,1-2H3. The number of carbonyl (C=O) groups excluding carboxylic acids is 1. The molecule has 4 nitrogen and oxygen atoms in total. The molecule has 1 aliphatic heterocycles. The molecular weight excluding hydrogens is 260 g/mol. The van der Waals surface area contributed by atoms with Crippen molar-refractivity contribution in [1.82, 2.24) is 5.32 Å². The zero-order valence-corrected chi connectivity index (χ0v) is 12.2. The molecule has 1 atom stereocenters. The van der Waals surface area contributed by atoms with Gasteiger partial charge in [0.1, 0.15) is 5.75 Å². The molecule has 1 aliphatic rings. The van der Waals surface area contributed by atoms with E-state index >= 15 is 0 Å². The number of rotatable bonds is 4. The van der Waals surface area contributed by atoms with Crippen molar-refractivity contribution in [1.29, 1.82) is 0 Å². The van der Waals surface area contributed by atoms with E-state index in [1.807, 2.05) is 43.1 Å². The van der Waals surface area contributed by atoms with Crippen molar-refractivity contribution in [3.8, 4) is 5.75 Å². The second-order valence-electron chi connectivity index (χ2n) is 4.58. The average Bonchev–Trinajstić information content (AvgIpc) is 2.47. The van der Waals surface area contributed by atoms with Crippen molar-refractivity contribution in [3.05, 3.63) is 24.3 Å². The minimum Gasteiger partial charge on any atom is -0.497 e. The quantitative estimate of drug-likeness (QED) is 0.912. The number of hydrogen-bond donors (Lipinski definition) is 1. The van der Waals surface area contributed by atoms with Crippen molar-refractivity contribution in [3.63, 3.8) is 0 Å². The Morgan fingerprint density at radius 2 is 2.21 bits per heavy atom. The summed E-state index contributed by atoms with van der Waals surface area (Å²) in [5.74, 6) is 3.10. The molecule has 1 aromatic carbocycles. The van der Waals surface area contributed by atoms with E-state index in [1.54, 1.807) is 12.0 Å². The van der Waals surface area contributed by atoms with Crippen molar-refractivity contribution in [2.24, 2.45) is 0 Å². The van der Waals surface area contributed by atoms with Crippen molar-refractivity contribution in [2.45, 2.75) is 12.5 Å². The first-order chi connectivity index (χ1) is 9.20. The number of hydrogen-bond acceptors (Lipinski definition) is 4. The van der Waals surface area contributed by atoms with Gasteiger partial charge in [-0.05, 0) is 24.3 Å². The van der Waals surface area contributed by atoms with Crippen LogP contribution in [0.3, 0.4) is 0 Å². The van der Waals surface area contributed by atoms with Gasteiger partial charge in [0, 0.05) is 43.2 Å². The molecule has 1 saturated heterocycles. The number of methoxy groups -OCH3 is 1. The molecule has 1 fully saturated rings. The second kappa shape index (κ2) is 6.82. The minimum absolute atomic E-state index is 0.144. The van der Waals surface area contributed by atoms with Crippen LogP contribution in [-0.2, 0) is 4.79 Å². The maximum Gasteiger partial charge on any atom is 0.228 e. The SMILES string of the molecule is COc1ccc(N(C)C(=O)CC2CSCCN2)cc1. The summed E-state index contributed by atoms with van der Waals surface area (Å²) >= 11 is 1.91. The van der Waals surface area contributed by atoms with E-state index in [1.165, 1.54) is 0 Å². The van der Waals surface area contributed by atoms with Crippen LogP contribution in [0.2, 0.25) is 0 Å². The largest absolute Gasteiger partial charge is 0.497 e. The molecule has 1 N–H and O–H groups in total. The van der Waals surface area contributed by atoms with E-state index in [4.69, 9.17) is 4.74 Å². The number of nitrogens with one attached hydrogen (secondary N) is 1. The van der Waals surface area contributed by atoms with E-state index < -0.39 is 0 Å². The number of nitrogens with zero attached hydrogens (tertiary/aromatic N) is 1. The lowest BCUT2D eigenvalue weighted by Crippen LogP contribution is -2.41. The topological polar surface area (TPSA) is 41.6 Å². The van der Waals surface area contributed by atoms with Gasteiger partial charge in [-0.15, -0.1) is 0 Å². The fraction of sp³-hybridized carbons (Fsp3) is 0.500. The van der Waals surface area contributed by atoms with Gasteiger partial charge in [0.05, 0.1) is 7.11 Å². The Balaban J connectivity index is 1.93. The van der Waals surface area contributed by atoms with E-state index in [2.05, 4.69) is 5.32 Å². The molecular formula is C14H20N2O2S. The molecule has 2 rings (SSSR count). The average molecular weight is 280 g/mol. The lowest BCUT2D eigenvalue weighted by Gasteiger charge is -2.25. The monoisotopic (exact) mass is 280 g/mol. The van der Waals surface area contributed by atoms with Crippen molar-refractivity contribution in [2.75, 3.05) is 37.1 Å². The van der Waals surface area contributed by atoms with Crippen LogP contribution >= 0.6 is 11.8 Å². The molecule has 104 valence electrons. The van der Waals surface area contributed by atoms with Crippen LogP contribution in [0.4, 0.5) is 5.69 Å². The summed E-state index contributed by atoms with van der Waals surface area (Å²) in [6.45, 7) is 0.995. The Morgan fingerprint density at radius 3 is 2.79 bits per heavy atom. The Labute approximate surface area is 118 Å². The molecule has 0 bridgehead atoms. The zero-order valence-electron chi connectivity index (χ0n) is 11.4. The molecule has 1 aromatic rings. The summed E-state index contributed by atoms with van der Waals surface area (Å²) in [5, 5.41) is 3.39. The molecule has 0 aliphatic carbocycles. The Hall–Kier alpha value is -1.20. The van der Waals surface area contributed by atoms with Gasteiger partial charge >= 0.3 is 0 Å². The summed E-state index contributed by atoms with van der Waals surface area (Å²) < 4.78 is 5.11. The fourth-order valence-electron chi connectivity index (χ4n) is 2.05. The third-order valence-corrected chi connectivity index (χ3v) is 4.38. The normalized spacial score (nSPS) is 18.9. The summed E-state index contributed by atoms with van der Waals surface area (Å²) in [6, 6.07) is 7.84. The Morgan fingerprint density at radius 1 is 1.47 bits per heavy atom. The summed E-state index contributed by atoms with van der Waals surface area (Å²) in [4.78, 5) is 13.9. The molecule has 19 heavy (non-hydrogen) atoms. The minimum atomic E-state index is 0.144. The van der Waals surface area contributed by atoms with Crippen LogP contribution in [0.25, 0.3) is 0 Å². The Kier molecular flexibility index (Phi) is 5.10. The van der Waals surface area contributed by atoms with Crippen LogP contribution in [0.15, 0.2) is 24.3 Å².